The number of fused-ring (bicyclic) bond motifs is 1. The van der Waals surface area contributed by atoms with Gasteiger partial charge in [0.05, 0.1) is 22.6 Å². The summed E-state index contributed by atoms with van der Waals surface area (Å²) in [6, 6.07) is 11.8. The molecule has 0 aliphatic heterocycles. The molecule has 124 valence electrons. The van der Waals surface area contributed by atoms with Gasteiger partial charge >= 0.3 is 0 Å². The molecule has 1 aromatic carbocycles. The summed E-state index contributed by atoms with van der Waals surface area (Å²) in [4.78, 5) is 21.1. The van der Waals surface area contributed by atoms with Gasteiger partial charge in [0.1, 0.15) is 0 Å². The number of hydrogen-bond acceptors (Lipinski definition) is 6. The van der Waals surface area contributed by atoms with Crippen LogP contribution in [0, 0.1) is 6.92 Å². The maximum atomic E-state index is 12.7. The Balaban J connectivity index is 1.79. The molecule has 0 radical (unpaired) electrons. The Morgan fingerprint density at radius 2 is 1.92 bits per heavy atom. The van der Waals surface area contributed by atoms with E-state index in [2.05, 4.69) is 20.2 Å². The molecule has 2 aromatic heterocycles. The molecule has 0 amide bonds. The molecule has 6 nitrogen and oxygen atoms in total. The third-order valence-electron chi connectivity index (χ3n) is 4.58. The number of rotatable bonds is 2. The molecule has 0 spiro atoms. The molecule has 0 bridgehead atoms. The van der Waals surface area contributed by atoms with E-state index in [9.17, 15) is 4.79 Å². The number of nitrogens with two attached hydrogens (primary N) is 1. The van der Waals surface area contributed by atoms with E-state index in [1.807, 2.05) is 43.3 Å². The van der Waals surface area contributed by atoms with Crippen LogP contribution in [0.4, 0.5) is 5.95 Å². The summed E-state index contributed by atoms with van der Waals surface area (Å²) >= 11 is 0. The highest BCUT2D eigenvalue weighted by atomic mass is 16.1. The Morgan fingerprint density at radius 1 is 1.08 bits per heavy atom. The molecule has 0 saturated heterocycles. The molecule has 1 unspecified atom stereocenters. The molecule has 2 heterocycles. The summed E-state index contributed by atoms with van der Waals surface area (Å²) in [5.74, 6) is 0.316. The van der Waals surface area contributed by atoms with Gasteiger partial charge in [0.25, 0.3) is 0 Å². The first-order chi connectivity index (χ1) is 12.1. The lowest BCUT2D eigenvalue weighted by molar-refractivity contribution is 0.0962. The van der Waals surface area contributed by atoms with Crippen molar-refractivity contribution in [2.75, 3.05) is 5.73 Å². The quantitative estimate of drug-likeness (QED) is 0.776. The van der Waals surface area contributed by atoms with Crippen LogP contribution >= 0.6 is 0 Å². The standard InChI is InChI=1S/C19H17N5O/c1-11-18-16(23-19(20)22-11)9-12(10-17(18)25)13-5-2-3-6-14(13)15-7-4-8-21-24-15/h2-8,12H,9-10H2,1H3,(H2,20,22,23). The lowest BCUT2D eigenvalue weighted by Crippen LogP contribution is -2.23. The van der Waals surface area contributed by atoms with E-state index in [1.54, 1.807) is 6.20 Å². The van der Waals surface area contributed by atoms with E-state index in [1.165, 1.54) is 0 Å². The van der Waals surface area contributed by atoms with Crippen LogP contribution < -0.4 is 5.73 Å². The second-order valence-electron chi connectivity index (χ2n) is 6.21. The maximum Gasteiger partial charge on any atom is 0.220 e. The summed E-state index contributed by atoms with van der Waals surface area (Å²) in [6.45, 7) is 1.81. The predicted molar refractivity (Wildman–Crippen MR) is 94.0 cm³/mol. The third-order valence-corrected chi connectivity index (χ3v) is 4.58. The Kier molecular flexibility index (Phi) is 3.72. The largest absolute Gasteiger partial charge is 0.368 e. The lowest BCUT2D eigenvalue weighted by atomic mass is 9.79. The average molecular weight is 331 g/mol. The minimum Gasteiger partial charge on any atom is -0.368 e. The minimum atomic E-state index is 0.0342. The molecule has 1 aliphatic carbocycles. The third kappa shape index (κ3) is 2.76. The van der Waals surface area contributed by atoms with Crippen LogP contribution in [0.3, 0.4) is 0 Å². The summed E-state index contributed by atoms with van der Waals surface area (Å²) in [6.07, 6.45) is 2.74. The topological polar surface area (TPSA) is 94.7 Å². The zero-order valence-electron chi connectivity index (χ0n) is 13.8. The SMILES string of the molecule is Cc1nc(N)nc2c1C(=O)CC(c1ccccc1-c1cccnn1)C2. The van der Waals surface area contributed by atoms with Gasteiger partial charge in [-0.1, -0.05) is 24.3 Å². The zero-order chi connectivity index (χ0) is 17.4. The van der Waals surface area contributed by atoms with Crippen LogP contribution in [-0.2, 0) is 6.42 Å². The molecular formula is C19H17N5O. The fourth-order valence-corrected chi connectivity index (χ4v) is 3.55. The van der Waals surface area contributed by atoms with E-state index < -0.39 is 0 Å². The number of anilines is 1. The zero-order valence-corrected chi connectivity index (χ0v) is 13.8. The number of hydrogen-bond donors (Lipinski definition) is 1. The van der Waals surface area contributed by atoms with Gasteiger partial charge < -0.3 is 5.73 Å². The van der Waals surface area contributed by atoms with Crippen molar-refractivity contribution in [2.24, 2.45) is 0 Å². The second kappa shape index (κ2) is 6.05. The van der Waals surface area contributed by atoms with Crippen molar-refractivity contribution in [3.05, 3.63) is 65.1 Å². The second-order valence-corrected chi connectivity index (χ2v) is 6.21. The molecule has 4 rings (SSSR count). The van der Waals surface area contributed by atoms with Crippen LogP contribution in [0.1, 0.15) is 39.6 Å². The van der Waals surface area contributed by atoms with Crippen molar-refractivity contribution in [1.82, 2.24) is 20.2 Å². The number of carbonyl (C=O) groups excluding carboxylic acids is 1. The maximum absolute atomic E-state index is 12.7. The first-order valence-electron chi connectivity index (χ1n) is 8.16. The number of carbonyl (C=O) groups is 1. The summed E-state index contributed by atoms with van der Waals surface area (Å²) in [7, 11) is 0. The minimum absolute atomic E-state index is 0.0342. The van der Waals surface area contributed by atoms with Gasteiger partial charge in [-0.05, 0) is 37.0 Å². The molecule has 0 fully saturated rings. The lowest BCUT2D eigenvalue weighted by Gasteiger charge is -2.25. The van der Waals surface area contributed by atoms with Crippen molar-refractivity contribution in [3.8, 4) is 11.3 Å². The van der Waals surface area contributed by atoms with Crippen LogP contribution in [-0.4, -0.2) is 25.9 Å². The molecule has 2 N–H and O–H groups in total. The van der Waals surface area contributed by atoms with Gasteiger partial charge in [0.15, 0.2) is 5.78 Å². The van der Waals surface area contributed by atoms with Gasteiger partial charge in [-0.25, -0.2) is 9.97 Å². The summed E-state index contributed by atoms with van der Waals surface area (Å²) in [5, 5.41) is 8.18. The fourth-order valence-electron chi connectivity index (χ4n) is 3.55. The van der Waals surface area contributed by atoms with E-state index in [4.69, 9.17) is 5.73 Å². The van der Waals surface area contributed by atoms with E-state index in [0.717, 1.165) is 22.5 Å². The van der Waals surface area contributed by atoms with Gasteiger partial charge in [0.2, 0.25) is 5.95 Å². The smallest absolute Gasteiger partial charge is 0.220 e. The number of aryl methyl sites for hydroxylation is 1. The average Bonchev–Trinajstić information content (AvgIpc) is 2.61. The van der Waals surface area contributed by atoms with Gasteiger partial charge in [0, 0.05) is 18.2 Å². The van der Waals surface area contributed by atoms with Crippen molar-refractivity contribution in [1.29, 1.82) is 0 Å². The van der Waals surface area contributed by atoms with Crippen molar-refractivity contribution in [2.45, 2.75) is 25.7 Å². The Bertz CT molecular complexity index is 955. The van der Waals surface area contributed by atoms with E-state index in [0.29, 0.717) is 24.1 Å². The Morgan fingerprint density at radius 3 is 2.72 bits per heavy atom. The Labute approximate surface area is 145 Å². The highest BCUT2D eigenvalue weighted by Gasteiger charge is 2.31. The number of benzene rings is 1. The van der Waals surface area contributed by atoms with Crippen LogP contribution in [0.15, 0.2) is 42.6 Å². The number of Topliss-reactive ketones (excluding diaryl/α,β-unsaturated/α-hetero) is 1. The first kappa shape index (κ1) is 15.4. The first-order valence-corrected chi connectivity index (χ1v) is 8.16. The van der Waals surface area contributed by atoms with Crippen molar-refractivity contribution < 1.29 is 4.79 Å². The van der Waals surface area contributed by atoms with Crippen molar-refractivity contribution in [3.63, 3.8) is 0 Å². The fraction of sp³-hybridized carbons (Fsp3) is 0.211. The van der Waals surface area contributed by atoms with Gasteiger partial charge in [-0.3, -0.25) is 4.79 Å². The molecule has 1 aliphatic rings. The highest BCUT2D eigenvalue weighted by Crippen LogP contribution is 2.37. The number of aromatic nitrogens is 4. The summed E-state index contributed by atoms with van der Waals surface area (Å²) < 4.78 is 0. The normalized spacial score (nSPS) is 16.5. The highest BCUT2D eigenvalue weighted by molar-refractivity contribution is 6.00. The molecule has 6 heteroatoms. The summed E-state index contributed by atoms with van der Waals surface area (Å²) in [5.41, 5.74) is 10.7. The predicted octanol–water partition coefficient (Wildman–Crippen LogP) is 2.74. The van der Waals surface area contributed by atoms with Crippen LogP contribution in [0.2, 0.25) is 0 Å². The van der Waals surface area contributed by atoms with Gasteiger partial charge in [-0.15, -0.1) is 0 Å². The number of nitrogen functional groups attached to an aromatic ring is 1. The Hall–Kier alpha value is -3.15. The van der Waals surface area contributed by atoms with Crippen LogP contribution in [0.5, 0.6) is 0 Å². The number of nitrogens with zero attached hydrogens (tertiary/aromatic N) is 4. The molecular weight excluding hydrogens is 314 g/mol. The molecule has 0 saturated carbocycles. The van der Waals surface area contributed by atoms with E-state index >= 15 is 0 Å². The monoisotopic (exact) mass is 331 g/mol. The van der Waals surface area contributed by atoms with Gasteiger partial charge in [-0.2, -0.15) is 10.2 Å². The molecule has 3 aromatic rings. The molecule has 25 heavy (non-hydrogen) atoms. The number of ketones is 1. The van der Waals surface area contributed by atoms with E-state index in [-0.39, 0.29) is 17.6 Å². The molecule has 1 atom stereocenters. The van der Waals surface area contributed by atoms with Crippen LogP contribution in [0.25, 0.3) is 11.3 Å². The van der Waals surface area contributed by atoms with Crippen molar-refractivity contribution >= 4 is 11.7 Å².